The Balaban J connectivity index is 1.32. The van der Waals surface area contributed by atoms with E-state index in [0.29, 0.717) is 33.1 Å². The predicted molar refractivity (Wildman–Crippen MR) is 138 cm³/mol. The highest BCUT2D eigenvalue weighted by atomic mass is 32.2. The molecule has 184 valence electrons. The summed E-state index contributed by atoms with van der Waals surface area (Å²) in [6.45, 7) is 3.56. The summed E-state index contributed by atoms with van der Waals surface area (Å²) < 4.78 is 18.3. The highest BCUT2D eigenvalue weighted by molar-refractivity contribution is 7.99. The van der Waals surface area contributed by atoms with Crippen molar-refractivity contribution in [1.82, 2.24) is 4.57 Å². The van der Waals surface area contributed by atoms with Gasteiger partial charge in [-0.2, -0.15) is 5.26 Å². The largest absolute Gasteiger partial charge is 0.454 e. The van der Waals surface area contributed by atoms with Crippen molar-refractivity contribution in [1.29, 1.82) is 5.26 Å². The maximum absolute atomic E-state index is 13.1. The molecule has 0 unspecified atom stereocenters. The van der Waals surface area contributed by atoms with E-state index in [-0.39, 0.29) is 12.6 Å². The van der Waals surface area contributed by atoms with Crippen LogP contribution in [0, 0.1) is 25.2 Å². The molecule has 1 aliphatic rings. The predicted octanol–water partition coefficient (Wildman–Crippen LogP) is 5.89. The number of benzene rings is 3. The number of rotatable bonds is 7. The van der Waals surface area contributed by atoms with E-state index in [9.17, 15) is 14.9 Å². The molecule has 0 fully saturated rings. The number of nitriles is 1. The van der Waals surface area contributed by atoms with Gasteiger partial charge in [-0.1, -0.05) is 36.0 Å². The van der Waals surface area contributed by atoms with E-state index in [1.807, 2.05) is 54.8 Å². The molecule has 0 radical (unpaired) electrons. The number of hydrogen-bond donors (Lipinski definition) is 0. The van der Waals surface area contributed by atoms with Crippen LogP contribution in [0.2, 0.25) is 0 Å². The molecule has 0 atom stereocenters. The Morgan fingerprint density at radius 2 is 1.68 bits per heavy atom. The van der Waals surface area contributed by atoms with Crippen molar-refractivity contribution < 1.29 is 23.8 Å². The second kappa shape index (κ2) is 10.2. The lowest BCUT2D eigenvalue weighted by molar-refractivity contribution is 0.0471. The quantitative estimate of drug-likeness (QED) is 0.226. The SMILES string of the molecule is Cc1cc(C(=O)COC(=O)c2ccccc2Sc2ccccc2C#N)c(C)n1-c1ccc2c(c1)OCO2. The number of Topliss-reactive ketones (excluding diaryl/α,β-unsaturated/α-hetero) is 1. The molecule has 37 heavy (non-hydrogen) atoms. The third-order valence-corrected chi connectivity index (χ3v) is 7.17. The summed E-state index contributed by atoms with van der Waals surface area (Å²) in [6, 6.07) is 23.7. The van der Waals surface area contributed by atoms with Gasteiger partial charge >= 0.3 is 5.97 Å². The number of esters is 1. The summed E-state index contributed by atoms with van der Waals surface area (Å²) in [7, 11) is 0. The Morgan fingerprint density at radius 3 is 2.49 bits per heavy atom. The molecule has 2 heterocycles. The molecule has 0 N–H and O–H groups in total. The lowest BCUT2D eigenvalue weighted by Crippen LogP contribution is -2.15. The minimum Gasteiger partial charge on any atom is -0.454 e. The minimum absolute atomic E-state index is 0.185. The Labute approximate surface area is 218 Å². The Kier molecular flexibility index (Phi) is 6.71. The molecular formula is C29H22N2O5S. The smallest absolute Gasteiger partial charge is 0.339 e. The standard InChI is InChI=1S/C29H22N2O5S/c1-18-13-23(19(2)31(18)21-11-12-25-26(14-21)36-17-35-25)24(32)16-34-29(33)22-8-4-6-10-28(22)37-27-9-5-3-7-20(27)15-30/h3-14H,16-17H2,1-2H3. The third kappa shape index (κ3) is 4.82. The molecule has 0 amide bonds. The number of carbonyl (C=O) groups is 2. The normalized spacial score (nSPS) is 11.7. The Bertz CT molecular complexity index is 1570. The molecule has 3 aromatic carbocycles. The minimum atomic E-state index is -0.601. The van der Waals surface area contributed by atoms with Gasteiger partial charge in [-0.25, -0.2) is 4.79 Å². The fourth-order valence-corrected chi connectivity index (χ4v) is 5.26. The van der Waals surface area contributed by atoms with Crippen molar-refractivity contribution in [3.8, 4) is 23.3 Å². The van der Waals surface area contributed by atoms with Crippen LogP contribution in [-0.4, -0.2) is 29.7 Å². The zero-order valence-electron chi connectivity index (χ0n) is 20.2. The van der Waals surface area contributed by atoms with Gasteiger partial charge in [0.1, 0.15) is 6.07 Å². The fourth-order valence-electron chi connectivity index (χ4n) is 4.24. The molecule has 5 rings (SSSR count). The van der Waals surface area contributed by atoms with Gasteiger partial charge in [0.05, 0.1) is 11.1 Å². The van der Waals surface area contributed by atoms with Crippen molar-refractivity contribution in [3.05, 3.63) is 101 Å². The van der Waals surface area contributed by atoms with Crippen LogP contribution in [0.25, 0.3) is 5.69 Å². The lowest BCUT2D eigenvalue weighted by Gasteiger charge is -2.11. The van der Waals surface area contributed by atoms with Crippen molar-refractivity contribution in [2.45, 2.75) is 23.6 Å². The summed E-state index contributed by atoms with van der Waals surface area (Å²) in [5.41, 5.74) is 3.78. The number of ether oxygens (including phenoxy) is 3. The maximum atomic E-state index is 13.1. The average molecular weight is 511 g/mol. The second-order valence-corrected chi connectivity index (χ2v) is 9.45. The zero-order valence-corrected chi connectivity index (χ0v) is 21.0. The zero-order chi connectivity index (χ0) is 25.9. The molecule has 8 heteroatoms. The number of ketones is 1. The van der Waals surface area contributed by atoms with E-state index in [4.69, 9.17) is 14.2 Å². The van der Waals surface area contributed by atoms with E-state index < -0.39 is 12.6 Å². The maximum Gasteiger partial charge on any atom is 0.339 e. The van der Waals surface area contributed by atoms with Crippen LogP contribution in [-0.2, 0) is 4.74 Å². The first-order valence-corrected chi connectivity index (χ1v) is 12.3. The van der Waals surface area contributed by atoms with Crippen LogP contribution in [0.15, 0.2) is 82.6 Å². The Hall–Kier alpha value is -4.48. The van der Waals surface area contributed by atoms with Gasteiger partial charge in [-0.3, -0.25) is 4.79 Å². The van der Waals surface area contributed by atoms with Crippen molar-refractivity contribution in [2.24, 2.45) is 0 Å². The molecule has 7 nitrogen and oxygen atoms in total. The van der Waals surface area contributed by atoms with Crippen LogP contribution in [0.4, 0.5) is 0 Å². The van der Waals surface area contributed by atoms with E-state index in [1.165, 1.54) is 11.8 Å². The first-order chi connectivity index (χ1) is 18.0. The number of aryl methyl sites for hydroxylation is 1. The van der Waals surface area contributed by atoms with Crippen LogP contribution in [0.5, 0.6) is 11.5 Å². The van der Waals surface area contributed by atoms with Gasteiger partial charge in [0.2, 0.25) is 12.6 Å². The first kappa shape index (κ1) is 24.2. The molecule has 0 aliphatic carbocycles. The average Bonchev–Trinajstić information content (AvgIpc) is 3.50. The number of fused-ring (bicyclic) bond motifs is 1. The van der Waals surface area contributed by atoms with E-state index in [1.54, 1.807) is 36.4 Å². The summed E-state index contributed by atoms with van der Waals surface area (Å²) in [6.07, 6.45) is 0. The summed E-state index contributed by atoms with van der Waals surface area (Å²) >= 11 is 1.31. The summed E-state index contributed by atoms with van der Waals surface area (Å²) in [4.78, 5) is 27.4. The molecular weight excluding hydrogens is 488 g/mol. The monoisotopic (exact) mass is 510 g/mol. The van der Waals surface area contributed by atoms with Crippen molar-refractivity contribution >= 4 is 23.5 Å². The molecule has 1 aromatic heterocycles. The van der Waals surface area contributed by atoms with E-state index in [2.05, 4.69) is 6.07 Å². The van der Waals surface area contributed by atoms with Gasteiger partial charge in [0.15, 0.2) is 18.1 Å². The third-order valence-electron chi connectivity index (χ3n) is 6.01. The molecule has 0 bridgehead atoms. The van der Waals surface area contributed by atoms with Gasteiger partial charge in [-0.15, -0.1) is 0 Å². The Morgan fingerprint density at radius 1 is 0.946 bits per heavy atom. The molecule has 1 aliphatic heterocycles. The van der Waals surface area contributed by atoms with Gasteiger partial charge in [-0.05, 0) is 56.3 Å². The lowest BCUT2D eigenvalue weighted by atomic mass is 10.1. The number of nitrogens with zero attached hydrogens (tertiary/aromatic N) is 2. The summed E-state index contributed by atoms with van der Waals surface area (Å²) in [5, 5.41) is 9.38. The summed E-state index contributed by atoms with van der Waals surface area (Å²) in [5.74, 6) is 0.439. The molecule has 0 spiro atoms. The van der Waals surface area contributed by atoms with Gasteiger partial charge < -0.3 is 18.8 Å². The van der Waals surface area contributed by atoms with Crippen LogP contribution >= 0.6 is 11.8 Å². The second-order valence-electron chi connectivity index (χ2n) is 8.36. The van der Waals surface area contributed by atoms with Crippen LogP contribution in [0.3, 0.4) is 0 Å². The van der Waals surface area contributed by atoms with Crippen LogP contribution < -0.4 is 9.47 Å². The topological polar surface area (TPSA) is 90.6 Å². The molecule has 4 aromatic rings. The van der Waals surface area contributed by atoms with Gasteiger partial charge in [0, 0.05) is 38.5 Å². The van der Waals surface area contributed by atoms with E-state index in [0.717, 1.165) is 22.0 Å². The van der Waals surface area contributed by atoms with Crippen molar-refractivity contribution in [2.75, 3.05) is 13.4 Å². The molecule has 0 saturated carbocycles. The van der Waals surface area contributed by atoms with Gasteiger partial charge in [0.25, 0.3) is 0 Å². The first-order valence-electron chi connectivity index (χ1n) is 11.5. The van der Waals surface area contributed by atoms with Crippen LogP contribution in [0.1, 0.15) is 37.7 Å². The highest BCUT2D eigenvalue weighted by Crippen LogP contribution is 2.35. The number of hydrogen-bond acceptors (Lipinski definition) is 7. The van der Waals surface area contributed by atoms with E-state index >= 15 is 0 Å². The number of aromatic nitrogens is 1. The molecule has 0 saturated heterocycles. The van der Waals surface area contributed by atoms with Crippen molar-refractivity contribution in [3.63, 3.8) is 0 Å². The number of carbonyl (C=O) groups excluding carboxylic acids is 2. The fraction of sp³-hybridized carbons (Fsp3) is 0.138. The highest BCUT2D eigenvalue weighted by Gasteiger charge is 2.22.